The number of amides is 1. The van der Waals surface area contributed by atoms with Gasteiger partial charge in [-0.05, 0) is 46.3 Å². The molecule has 1 amide bonds. The first-order valence-electron chi connectivity index (χ1n) is 7.79. The van der Waals surface area contributed by atoms with Crippen LogP contribution in [-0.4, -0.2) is 20.4 Å². The highest BCUT2D eigenvalue weighted by atomic mass is 79.9. The number of imidazole rings is 1. The molecule has 0 atom stereocenters. The van der Waals surface area contributed by atoms with E-state index in [1.807, 2.05) is 59.2 Å². The molecule has 0 saturated heterocycles. The summed E-state index contributed by atoms with van der Waals surface area (Å²) in [5, 5.41) is 2.98. The lowest BCUT2D eigenvalue weighted by Gasteiger charge is -2.10. The van der Waals surface area contributed by atoms with Crippen molar-refractivity contribution in [3.63, 3.8) is 0 Å². The monoisotopic (exact) mass is 426 g/mol. The van der Waals surface area contributed by atoms with Gasteiger partial charge in [0.05, 0.1) is 16.6 Å². The third kappa shape index (κ3) is 3.09. The van der Waals surface area contributed by atoms with Crippen LogP contribution in [0.5, 0.6) is 0 Å². The molecule has 0 unspecified atom stereocenters. The number of carbonyl (C=O) groups excluding carboxylic acids is 1. The van der Waals surface area contributed by atoms with Gasteiger partial charge in [-0.15, -0.1) is 0 Å². The second kappa shape index (κ2) is 6.90. The molecule has 2 aromatic carbocycles. The maximum absolute atomic E-state index is 12.7. The molecule has 4 aromatic rings. The summed E-state index contributed by atoms with van der Waals surface area (Å²) >= 11 is 9.38. The zero-order valence-corrected chi connectivity index (χ0v) is 15.7. The summed E-state index contributed by atoms with van der Waals surface area (Å²) in [6.45, 7) is 0. The van der Waals surface area contributed by atoms with Gasteiger partial charge in [0.25, 0.3) is 5.91 Å². The molecular weight excluding hydrogens is 416 g/mol. The van der Waals surface area contributed by atoms with Gasteiger partial charge in [-0.3, -0.25) is 14.7 Å². The van der Waals surface area contributed by atoms with Crippen molar-refractivity contribution < 1.29 is 4.79 Å². The molecule has 2 heterocycles. The number of para-hydroxylation sites is 3. The minimum absolute atomic E-state index is 0.132. The fraction of sp³-hybridized carbons (Fsp3) is 0. The van der Waals surface area contributed by atoms with Gasteiger partial charge >= 0.3 is 0 Å². The number of hydrogen-bond donors (Lipinski definition) is 1. The second-order valence-corrected chi connectivity index (χ2v) is 6.81. The average Bonchev–Trinajstić information content (AvgIpc) is 3.02. The minimum atomic E-state index is -0.378. The van der Waals surface area contributed by atoms with E-state index in [2.05, 4.69) is 31.2 Å². The summed E-state index contributed by atoms with van der Waals surface area (Å²) in [4.78, 5) is 21.3. The van der Waals surface area contributed by atoms with Gasteiger partial charge in [-0.25, -0.2) is 9.97 Å². The van der Waals surface area contributed by atoms with E-state index in [4.69, 9.17) is 11.6 Å². The van der Waals surface area contributed by atoms with Crippen molar-refractivity contribution in [2.75, 3.05) is 5.32 Å². The maximum atomic E-state index is 12.7. The van der Waals surface area contributed by atoms with E-state index < -0.39 is 0 Å². The molecule has 4 rings (SSSR count). The van der Waals surface area contributed by atoms with Gasteiger partial charge in [-0.2, -0.15) is 0 Å². The van der Waals surface area contributed by atoms with Crippen molar-refractivity contribution in [3.8, 4) is 5.69 Å². The van der Waals surface area contributed by atoms with Crippen LogP contribution in [0.3, 0.4) is 0 Å². The molecule has 0 saturated carbocycles. The number of nitrogens with zero attached hydrogens (tertiary/aromatic N) is 3. The Hall–Kier alpha value is -2.70. The van der Waals surface area contributed by atoms with Crippen LogP contribution in [0.4, 0.5) is 5.95 Å². The van der Waals surface area contributed by atoms with Gasteiger partial charge < -0.3 is 0 Å². The van der Waals surface area contributed by atoms with E-state index in [0.717, 1.165) is 16.7 Å². The Morgan fingerprint density at radius 1 is 1.08 bits per heavy atom. The molecule has 0 aliphatic rings. The number of hydrogen-bond acceptors (Lipinski definition) is 3. The van der Waals surface area contributed by atoms with Crippen molar-refractivity contribution in [2.45, 2.75) is 0 Å². The molecular formula is C19H12BrClN4O. The number of pyridine rings is 1. The molecule has 0 fully saturated rings. The summed E-state index contributed by atoms with van der Waals surface area (Å²) in [7, 11) is 0. The predicted octanol–water partition coefficient (Wildman–Crippen LogP) is 5.09. The molecule has 0 bridgehead atoms. The summed E-state index contributed by atoms with van der Waals surface area (Å²) < 4.78 is 2.57. The van der Waals surface area contributed by atoms with Crippen LogP contribution in [0, 0.1) is 0 Å². The lowest BCUT2D eigenvalue weighted by atomic mass is 10.2. The fourth-order valence-corrected chi connectivity index (χ4v) is 3.22. The van der Waals surface area contributed by atoms with E-state index in [0.29, 0.717) is 10.4 Å². The van der Waals surface area contributed by atoms with Crippen LogP contribution in [-0.2, 0) is 0 Å². The highest BCUT2D eigenvalue weighted by Crippen LogP contribution is 2.26. The Bertz CT molecular complexity index is 1110. The van der Waals surface area contributed by atoms with Crippen LogP contribution >= 0.6 is 27.5 Å². The predicted molar refractivity (Wildman–Crippen MR) is 106 cm³/mol. The Morgan fingerprint density at radius 3 is 2.62 bits per heavy atom. The number of halogens is 2. The van der Waals surface area contributed by atoms with Crippen molar-refractivity contribution in [3.05, 3.63) is 82.0 Å². The van der Waals surface area contributed by atoms with Gasteiger partial charge in [0, 0.05) is 16.4 Å². The topological polar surface area (TPSA) is 59.8 Å². The van der Waals surface area contributed by atoms with Gasteiger partial charge in [0.15, 0.2) is 0 Å². The molecule has 26 heavy (non-hydrogen) atoms. The molecule has 0 aliphatic heterocycles. The number of anilines is 1. The standard InChI is InChI=1S/C19H12BrClN4O/c20-12-10-14(17(21)22-11-12)18(26)24-19-23-15-8-4-5-9-16(15)25(19)13-6-2-1-3-7-13/h1-11H,(H,23,24,26). The molecule has 128 valence electrons. The van der Waals surface area contributed by atoms with E-state index in [1.165, 1.54) is 0 Å². The van der Waals surface area contributed by atoms with Crippen molar-refractivity contribution in [1.29, 1.82) is 0 Å². The summed E-state index contributed by atoms with van der Waals surface area (Å²) in [5.74, 6) is 0.0368. The van der Waals surface area contributed by atoms with Crippen LogP contribution in [0.25, 0.3) is 16.7 Å². The van der Waals surface area contributed by atoms with Crippen molar-refractivity contribution in [1.82, 2.24) is 14.5 Å². The number of benzene rings is 2. The van der Waals surface area contributed by atoms with E-state index in [9.17, 15) is 4.79 Å². The first kappa shape index (κ1) is 16.8. The van der Waals surface area contributed by atoms with Crippen LogP contribution in [0.2, 0.25) is 5.15 Å². The molecule has 0 spiro atoms. The summed E-state index contributed by atoms with van der Waals surface area (Å²) in [5.41, 5.74) is 2.85. The molecule has 1 N–H and O–H groups in total. The number of aromatic nitrogens is 3. The second-order valence-electron chi connectivity index (χ2n) is 5.54. The number of nitrogens with one attached hydrogen (secondary N) is 1. The van der Waals surface area contributed by atoms with Crippen LogP contribution in [0.15, 0.2) is 71.3 Å². The molecule has 5 nitrogen and oxygen atoms in total. The van der Waals surface area contributed by atoms with Crippen molar-refractivity contribution >= 4 is 50.4 Å². The van der Waals surface area contributed by atoms with E-state index >= 15 is 0 Å². The Labute approximate surface area is 162 Å². The third-order valence-corrected chi connectivity index (χ3v) is 4.59. The first-order chi connectivity index (χ1) is 12.6. The highest BCUT2D eigenvalue weighted by molar-refractivity contribution is 9.10. The third-order valence-electron chi connectivity index (χ3n) is 3.85. The average molecular weight is 428 g/mol. The van der Waals surface area contributed by atoms with Gasteiger partial charge in [-0.1, -0.05) is 41.9 Å². The molecule has 0 radical (unpaired) electrons. The van der Waals surface area contributed by atoms with Crippen LogP contribution in [0.1, 0.15) is 10.4 Å². The molecule has 0 aliphatic carbocycles. The minimum Gasteiger partial charge on any atom is -0.291 e. The number of rotatable bonds is 3. The zero-order valence-electron chi connectivity index (χ0n) is 13.4. The number of fused-ring (bicyclic) bond motifs is 1. The van der Waals surface area contributed by atoms with Gasteiger partial charge in [0.2, 0.25) is 5.95 Å². The normalized spacial score (nSPS) is 10.8. The van der Waals surface area contributed by atoms with Gasteiger partial charge in [0.1, 0.15) is 5.15 Å². The fourth-order valence-electron chi connectivity index (χ4n) is 2.70. The lowest BCUT2D eigenvalue weighted by molar-refractivity contribution is 0.102. The quantitative estimate of drug-likeness (QED) is 0.463. The Balaban J connectivity index is 1.82. The Kier molecular flexibility index (Phi) is 4.44. The largest absolute Gasteiger partial charge is 0.291 e. The number of carbonyl (C=O) groups is 1. The molecule has 7 heteroatoms. The van der Waals surface area contributed by atoms with E-state index in [1.54, 1.807) is 12.3 Å². The van der Waals surface area contributed by atoms with Crippen LogP contribution < -0.4 is 5.32 Å². The SMILES string of the molecule is O=C(Nc1nc2ccccc2n1-c1ccccc1)c1cc(Br)cnc1Cl. The van der Waals surface area contributed by atoms with E-state index in [-0.39, 0.29) is 16.6 Å². The molecule has 2 aromatic heterocycles. The first-order valence-corrected chi connectivity index (χ1v) is 8.96. The Morgan fingerprint density at radius 2 is 1.81 bits per heavy atom. The maximum Gasteiger partial charge on any atom is 0.261 e. The zero-order chi connectivity index (χ0) is 18.1. The lowest BCUT2D eigenvalue weighted by Crippen LogP contribution is -2.16. The smallest absolute Gasteiger partial charge is 0.261 e. The summed E-state index contributed by atoms with van der Waals surface area (Å²) in [6, 6.07) is 19.0. The van der Waals surface area contributed by atoms with Crippen molar-refractivity contribution in [2.24, 2.45) is 0 Å². The highest BCUT2D eigenvalue weighted by Gasteiger charge is 2.18. The summed E-state index contributed by atoms with van der Waals surface area (Å²) in [6.07, 6.45) is 1.54.